The van der Waals surface area contributed by atoms with E-state index in [9.17, 15) is 22.7 Å². The SMILES string of the molecule is Cc1ccc(S(=O)(=O)n2c(C(=O)O)cc3c(F)c(Cl)ncc32)cc1. The molecule has 124 valence electrons. The number of benzene rings is 1. The highest BCUT2D eigenvalue weighted by Gasteiger charge is 2.28. The molecule has 9 heteroatoms. The lowest BCUT2D eigenvalue weighted by Gasteiger charge is -2.10. The number of carbonyl (C=O) groups is 1. The molecule has 1 N–H and O–H groups in total. The molecule has 2 heterocycles. The average Bonchev–Trinajstić information content (AvgIpc) is 2.92. The van der Waals surface area contributed by atoms with E-state index in [2.05, 4.69) is 4.98 Å². The number of pyridine rings is 1. The largest absolute Gasteiger partial charge is 0.477 e. The van der Waals surface area contributed by atoms with Crippen LogP contribution in [0.25, 0.3) is 10.9 Å². The van der Waals surface area contributed by atoms with Crippen molar-refractivity contribution in [2.24, 2.45) is 0 Å². The molecule has 0 fully saturated rings. The summed E-state index contributed by atoms with van der Waals surface area (Å²) < 4.78 is 40.4. The van der Waals surface area contributed by atoms with Gasteiger partial charge in [0.25, 0.3) is 10.0 Å². The van der Waals surface area contributed by atoms with Gasteiger partial charge in [0, 0.05) is 5.39 Å². The Bertz CT molecular complexity index is 1080. The average molecular weight is 369 g/mol. The number of hydrogen-bond donors (Lipinski definition) is 1. The van der Waals surface area contributed by atoms with E-state index in [0.29, 0.717) is 3.97 Å². The number of aromatic nitrogens is 2. The number of rotatable bonds is 3. The molecule has 3 rings (SSSR count). The zero-order valence-electron chi connectivity index (χ0n) is 12.2. The van der Waals surface area contributed by atoms with Crippen molar-refractivity contribution in [1.29, 1.82) is 0 Å². The molecule has 0 aliphatic heterocycles. The van der Waals surface area contributed by atoms with Crippen molar-refractivity contribution in [3.63, 3.8) is 0 Å². The minimum atomic E-state index is -4.26. The van der Waals surface area contributed by atoms with E-state index in [-0.39, 0.29) is 15.8 Å². The topological polar surface area (TPSA) is 89.3 Å². The Morgan fingerprint density at radius 2 is 1.92 bits per heavy atom. The van der Waals surface area contributed by atoms with Gasteiger partial charge in [0.05, 0.1) is 16.6 Å². The fourth-order valence-electron chi connectivity index (χ4n) is 2.32. The van der Waals surface area contributed by atoms with E-state index in [4.69, 9.17) is 11.6 Å². The fourth-order valence-corrected chi connectivity index (χ4v) is 3.95. The van der Waals surface area contributed by atoms with Crippen molar-refractivity contribution in [2.75, 3.05) is 0 Å². The van der Waals surface area contributed by atoms with Gasteiger partial charge >= 0.3 is 5.97 Å². The maximum Gasteiger partial charge on any atom is 0.353 e. The summed E-state index contributed by atoms with van der Waals surface area (Å²) in [6.07, 6.45) is 1.03. The van der Waals surface area contributed by atoms with Crippen LogP contribution in [0, 0.1) is 12.7 Å². The smallest absolute Gasteiger partial charge is 0.353 e. The third-order valence-electron chi connectivity index (χ3n) is 3.49. The number of carboxylic acids is 1. The third kappa shape index (κ3) is 2.44. The van der Waals surface area contributed by atoms with Crippen LogP contribution < -0.4 is 0 Å². The minimum Gasteiger partial charge on any atom is -0.477 e. The van der Waals surface area contributed by atoms with Gasteiger partial charge in [-0.15, -0.1) is 0 Å². The van der Waals surface area contributed by atoms with Gasteiger partial charge in [-0.2, -0.15) is 0 Å². The first-order valence-corrected chi connectivity index (χ1v) is 8.46. The lowest BCUT2D eigenvalue weighted by Crippen LogP contribution is -2.18. The summed E-state index contributed by atoms with van der Waals surface area (Å²) in [5, 5.41) is 8.62. The number of fused-ring (bicyclic) bond motifs is 1. The van der Waals surface area contributed by atoms with Gasteiger partial charge < -0.3 is 5.11 Å². The second-order valence-electron chi connectivity index (χ2n) is 5.08. The maximum atomic E-state index is 14.1. The van der Waals surface area contributed by atoms with Crippen LogP contribution in [0.2, 0.25) is 5.15 Å². The monoisotopic (exact) mass is 368 g/mol. The molecule has 0 saturated heterocycles. The minimum absolute atomic E-state index is 0.122. The van der Waals surface area contributed by atoms with Crippen molar-refractivity contribution in [2.45, 2.75) is 11.8 Å². The van der Waals surface area contributed by atoms with Crippen molar-refractivity contribution in [3.8, 4) is 0 Å². The van der Waals surface area contributed by atoms with Crippen molar-refractivity contribution >= 4 is 38.5 Å². The zero-order valence-corrected chi connectivity index (χ0v) is 13.8. The molecule has 2 aromatic heterocycles. The molecule has 0 unspecified atom stereocenters. The summed E-state index contributed by atoms with van der Waals surface area (Å²) >= 11 is 5.59. The van der Waals surface area contributed by atoms with E-state index in [1.165, 1.54) is 12.1 Å². The van der Waals surface area contributed by atoms with Gasteiger partial charge in [-0.05, 0) is 25.1 Å². The summed E-state index contributed by atoms with van der Waals surface area (Å²) in [6, 6.07) is 6.78. The molecule has 0 radical (unpaired) electrons. The second-order valence-corrected chi connectivity index (χ2v) is 7.22. The zero-order chi connectivity index (χ0) is 17.6. The summed E-state index contributed by atoms with van der Waals surface area (Å²) in [5.41, 5.74) is 0.0349. The number of aromatic carboxylic acids is 1. The van der Waals surface area contributed by atoms with Crippen LogP contribution in [0.4, 0.5) is 4.39 Å². The second kappa shape index (κ2) is 5.57. The van der Waals surface area contributed by atoms with Gasteiger partial charge in [0.2, 0.25) is 0 Å². The Kier molecular flexibility index (Phi) is 3.81. The predicted molar refractivity (Wildman–Crippen MR) is 85.4 cm³/mol. The Balaban J connectivity index is 2.40. The molecule has 6 nitrogen and oxygen atoms in total. The fraction of sp³-hybridized carbons (Fsp3) is 0.0667. The van der Waals surface area contributed by atoms with Crippen LogP contribution in [0.3, 0.4) is 0 Å². The van der Waals surface area contributed by atoms with Crippen LogP contribution in [-0.4, -0.2) is 28.5 Å². The molecule has 0 amide bonds. The Morgan fingerprint density at radius 1 is 1.29 bits per heavy atom. The summed E-state index contributed by atoms with van der Waals surface area (Å²) in [6.45, 7) is 1.78. The number of nitrogens with zero attached hydrogens (tertiary/aromatic N) is 2. The van der Waals surface area contributed by atoms with Crippen LogP contribution in [0.15, 0.2) is 41.4 Å². The highest BCUT2D eigenvalue weighted by Crippen LogP contribution is 2.29. The number of hydrogen-bond acceptors (Lipinski definition) is 4. The highest BCUT2D eigenvalue weighted by atomic mass is 35.5. The van der Waals surface area contributed by atoms with E-state index < -0.39 is 32.7 Å². The quantitative estimate of drug-likeness (QED) is 0.717. The van der Waals surface area contributed by atoms with E-state index >= 15 is 0 Å². The molecular weight excluding hydrogens is 359 g/mol. The van der Waals surface area contributed by atoms with Crippen molar-refractivity contribution in [1.82, 2.24) is 8.96 Å². The Labute approximate surface area is 141 Å². The molecule has 0 saturated carbocycles. The van der Waals surface area contributed by atoms with Crippen LogP contribution >= 0.6 is 11.6 Å². The van der Waals surface area contributed by atoms with Crippen LogP contribution in [0.5, 0.6) is 0 Å². The van der Waals surface area contributed by atoms with Gasteiger partial charge in [0.1, 0.15) is 5.69 Å². The Morgan fingerprint density at radius 3 is 2.50 bits per heavy atom. The van der Waals surface area contributed by atoms with Crippen molar-refractivity contribution < 1.29 is 22.7 Å². The summed E-state index contributed by atoms with van der Waals surface area (Å²) in [7, 11) is -4.26. The van der Waals surface area contributed by atoms with Gasteiger partial charge in [-0.25, -0.2) is 26.6 Å². The molecule has 0 bridgehead atoms. The van der Waals surface area contributed by atoms with Gasteiger partial charge in [0.15, 0.2) is 11.0 Å². The third-order valence-corrected chi connectivity index (χ3v) is 5.50. The van der Waals surface area contributed by atoms with E-state index in [1.807, 2.05) is 0 Å². The van der Waals surface area contributed by atoms with Crippen molar-refractivity contribution in [3.05, 3.63) is 58.8 Å². The number of carboxylic acid groups (broad SMARTS) is 1. The number of halogens is 2. The molecule has 0 atom stereocenters. The molecule has 3 aromatic rings. The van der Waals surface area contributed by atoms with Gasteiger partial charge in [-0.1, -0.05) is 29.3 Å². The first kappa shape index (κ1) is 16.4. The maximum absolute atomic E-state index is 14.1. The number of aryl methyl sites for hydroxylation is 1. The van der Waals surface area contributed by atoms with E-state index in [1.54, 1.807) is 19.1 Å². The molecule has 1 aromatic carbocycles. The standard InChI is InChI=1S/C15H10ClFN2O4S/c1-8-2-4-9(5-3-8)24(22,23)19-11(15(20)21)6-10-12(19)7-18-14(16)13(10)17/h2-7H,1H3,(H,20,21). The lowest BCUT2D eigenvalue weighted by molar-refractivity contribution is 0.0689. The molecule has 0 aliphatic carbocycles. The first-order chi connectivity index (χ1) is 11.2. The predicted octanol–water partition coefficient (Wildman–Crippen LogP) is 3.07. The summed E-state index contributed by atoms with van der Waals surface area (Å²) in [4.78, 5) is 14.9. The summed E-state index contributed by atoms with van der Waals surface area (Å²) in [5.74, 6) is -2.49. The molecule has 0 spiro atoms. The lowest BCUT2D eigenvalue weighted by atomic mass is 10.2. The van der Waals surface area contributed by atoms with Crippen LogP contribution in [0.1, 0.15) is 16.1 Å². The molecular formula is C15H10ClFN2O4S. The Hall–Kier alpha value is -2.45. The molecule has 24 heavy (non-hydrogen) atoms. The van der Waals surface area contributed by atoms with E-state index in [0.717, 1.165) is 17.8 Å². The normalized spacial score (nSPS) is 11.8. The highest BCUT2D eigenvalue weighted by molar-refractivity contribution is 7.90. The van der Waals surface area contributed by atoms with Crippen LogP contribution in [-0.2, 0) is 10.0 Å². The first-order valence-electron chi connectivity index (χ1n) is 6.64. The molecule has 0 aliphatic rings. The van der Waals surface area contributed by atoms with Gasteiger partial charge in [-0.3, -0.25) is 0 Å².